The molecule has 0 aromatic heterocycles. The van der Waals surface area contributed by atoms with Gasteiger partial charge in [0.1, 0.15) is 0 Å². The van der Waals surface area contributed by atoms with Crippen molar-refractivity contribution in [1.29, 1.82) is 0 Å². The number of allylic oxidation sites excluding steroid dienone is 18. The van der Waals surface area contributed by atoms with Crippen LogP contribution in [0.15, 0.2) is 107 Å². The van der Waals surface area contributed by atoms with E-state index in [-0.39, 0.29) is 0 Å². The molecular weight excluding hydrogens is 480 g/mol. The van der Waals surface area contributed by atoms with E-state index < -0.39 is 0 Å². The summed E-state index contributed by atoms with van der Waals surface area (Å²) < 4.78 is 0. The molecule has 222 valence electrons. The number of rotatable bonds is 15. The lowest BCUT2D eigenvalue weighted by molar-refractivity contribution is 0.123. The molecule has 0 heterocycles. The predicted octanol–water partition coefficient (Wildman–Crippen LogP) is 12.9. The molecule has 0 bridgehead atoms. The van der Waals surface area contributed by atoms with E-state index in [0.717, 1.165) is 17.8 Å². The van der Waals surface area contributed by atoms with Gasteiger partial charge in [-0.3, -0.25) is 0 Å². The average molecular weight is 543 g/mol. The van der Waals surface area contributed by atoms with Crippen LogP contribution in [0.2, 0.25) is 0 Å². The molecule has 3 unspecified atom stereocenters. The Hall–Kier alpha value is -2.34. The maximum absolute atomic E-state index is 2.46. The monoisotopic (exact) mass is 542 g/mol. The van der Waals surface area contributed by atoms with Crippen LogP contribution in [-0.4, -0.2) is 0 Å². The minimum atomic E-state index is 0.413. The Morgan fingerprint density at radius 1 is 0.725 bits per heavy atom. The predicted molar refractivity (Wildman–Crippen MR) is 183 cm³/mol. The molecule has 1 fully saturated rings. The van der Waals surface area contributed by atoms with Gasteiger partial charge in [0, 0.05) is 0 Å². The molecule has 0 nitrogen and oxygen atoms in total. The molecule has 0 amide bonds. The van der Waals surface area contributed by atoms with Gasteiger partial charge in [0.2, 0.25) is 0 Å². The normalized spacial score (nSPS) is 22.8. The molecule has 3 atom stereocenters. The van der Waals surface area contributed by atoms with Gasteiger partial charge in [0.25, 0.3) is 0 Å². The Labute approximate surface area is 250 Å². The van der Waals surface area contributed by atoms with Crippen molar-refractivity contribution in [2.45, 2.75) is 114 Å². The Kier molecular flexibility index (Phi) is 17.6. The van der Waals surface area contributed by atoms with Crippen LogP contribution in [0.1, 0.15) is 114 Å². The van der Waals surface area contributed by atoms with Gasteiger partial charge in [-0.25, -0.2) is 0 Å². The molecule has 0 radical (unpaired) electrons. The summed E-state index contributed by atoms with van der Waals surface area (Å²) in [6.07, 6.45) is 40.3. The van der Waals surface area contributed by atoms with E-state index >= 15 is 0 Å². The van der Waals surface area contributed by atoms with Crippen molar-refractivity contribution in [3.8, 4) is 0 Å². The third-order valence-electron chi connectivity index (χ3n) is 8.23. The number of hydrogen-bond donors (Lipinski definition) is 0. The summed E-state index contributed by atoms with van der Waals surface area (Å²) in [5, 5.41) is 0. The zero-order valence-electron chi connectivity index (χ0n) is 27.8. The highest BCUT2D eigenvalue weighted by Gasteiger charge is 2.34. The largest absolute Gasteiger partial charge is 0.0840 e. The molecule has 1 aliphatic rings. The summed E-state index contributed by atoms with van der Waals surface area (Å²) in [6, 6.07) is 0. The fourth-order valence-corrected chi connectivity index (χ4v) is 5.52. The number of hydrogen-bond acceptors (Lipinski definition) is 0. The first-order valence-electron chi connectivity index (χ1n) is 16.0. The Morgan fingerprint density at radius 2 is 1.25 bits per heavy atom. The standard InChI is InChI=1S/C40H62/c1-32(2)18-13-21-35(5)24-15-26-36(6)25-14-22-33(3)19-11-12-20-34(4)23-16-27-37(7)29-30-39-38(8)28-17-31-40(39,9)10/h11-12,14-16,19-20,22-23,25-27,29-30,32,35,38-39H,13,17-18,21,24,28,31H2,1-10H3/b12-11+,22-14+,23-16+,26-15+,30-29+,33-19+,34-20+,36-25+,37-27+. The maximum Gasteiger partial charge on any atom is -0.0153 e. The quantitative estimate of drug-likeness (QED) is 0.180. The molecule has 1 saturated carbocycles. The minimum Gasteiger partial charge on any atom is -0.0840 e. The third-order valence-corrected chi connectivity index (χ3v) is 8.23. The van der Waals surface area contributed by atoms with E-state index in [1.54, 1.807) is 0 Å². The summed E-state index contributed by atoms with van der Waals surface area (Å²) in [6.45, 7) is 22.9. The van der Waals surface area contributed by atoms with Crippen molar-refractivity contribution in [1.82, 2.24) is 0 Å². The van der Waals surface area contributed by atoms with Crippen molar-refractivity contribution in [2.75, 3.05) is 0 Å². The third kappa shape index (κ3) is 16.7. The summed E-state index contributed by atoms with van der Waals surface area (Å²) in [5.41, 5.74) is 5.51. The highest BCUT2D eigenvalue weighted by molar-refractivity contribution is 5.31. The molecule has 1 rings (SSSR count). The fraction of sp³-hybridized carbons (Fsp3) is 0.550. The fourth-order valence-electron chi connectivity index (χ4n) is 5.52. The zero-order chi connectivity index (χ0) is 30.0. The van der Waals surface area contributed by atoms with Crippen molar-refractivity contribution in [3.05, 3.63) is 107 Å². The zero-order valence-corrected chi connectivity index (χ0v) is 27.8. The van der Waals surface area contributed by atoms with Crippen LogP contribution in [0.25, 0.3) is 0 Å². The lowest BCUT2D eigenvalue weighted by atomic mass is 9.64. The molecule has 0 spiro atoms. The first-order chi connectivity index (χ1) is 18.9. The molecule has 0 aromatic carbocycles. The van der Waals surface area contributed by atoms with E-state index in [2.05, 4.69) is 154 Å². The van der Waals surface area contributed by atoms with Crippen molar-refractivity contribution < 1.29 is 0 Å². The Bertz CT molecular complexity index is 993. The van der Waals surface area contributed by atoms with E-state index in [9.17, 15) is 0 Å². The molecule has 40 heavy (non-hydrogen) atoms. The van der Waals surface area contributed by atoms with Crippen LogP contribution in [0.4, 0.5) is 0 Å². The van der Waals surface area contributed by atoms with Gasteiger partial charge in [0.15, 0.2) is 0 Å². The highest BCUT2D eigenvalue weighted by atomic mass is 14.4. The van der Waals surface area contributed by atoms with Crippen LogP contribution in [0, 0.1) is 29.1 Å². The van der Waals surface area contributed by atoms with Crippen LogP contribution in [-0.2, 0) is 0 Å². The second-order valence-corrected chi connectivity index (χ2v) is 13.6. The first kappa shape index (κ1) is 35.7. The van der Waals surface area contributed by atoms with E-state index in [1.165, 1.54) is 67.2 Å². The van der Waals surface area contributed by atoms with E-state index in [4.69, 9.17) is 0 Å². The van der Waals surface area contributed by atoms with Crippen molar-refractivity contribution in [2.24, 2.45) is 29.1 Å². The molecule has 0 aromatic rings. The van der Waals surface area contributed by atoms with Gasteiger partial charge in [0.05, 0.1) is 0 Å². The molecule has 0 aliphatic heterocycles. The molecule has 1 aliphatic carbocycles. The average Bonchev–Trinajstić information content (AvgIpc) is 2.85. The van der Waals surface area contributed by atoms with E-state index in [1.807, 2.05) is 0 Å². The van der Waals surface area contributed by atoms with Crippen molar-refractivity contribution >= 4 is 0 Å². The first-order valence-corrected chi connectivity index (χ1v) is 16.0. The minimum absolute atomic E-state index is 0.413. The van der Waals surface area contributed by atoms with Crippen LogP contribution in [0.5, 0.6) is 0 Å². The molecular formula is C40H62. The van der Waals surface area contributed by atoms with Crippen LogP contribution >= 0.6 is 0 Å². The van der Waals surface area contributed by atoms with Gasteiger partial charge in [-0.1, -0.05) is 181 Å². The maximum atomic E-state index is 2.46. The summed E-state index contributed by atoms with van der Waals surface area (Å²) in [4.78, 5) is 0. The Balaban J connectivity index is 2.49. The smallest absolute Gasteiger partial charge is 0.0153 e. The summed E-state index contributed by atoms with van der Waals surface area (Å²) >= 11 is 0. The highest BCUT2D eigenvalue weighted by Crippen LogP contribution is 2.44. The molecule has 0 N–H and O–H groups in total. The van der Waals surface area contributed by atoms with Gasteiger partial charge in [-0.15, -0.1) is 0 Å². The SMILES string of the molecule is CC(/C=C/C=C(C)/C=C/CC(C)CCCC(C)C)=C\C=C\C=C(C)\C=C\C=C(C)\C=C\C1C(C)CCCC1(C)C. The summed E-state index contributed by atoms with van der Waals surface area (Å²) in [7, 11) is 0. The second kappa shape index (κ2) is 19.7. The van der Waals surface area contributed by atoms with E-state index in [0.29, 0.717) is 11.3 Å². The van der Waals surface area contributed by atoms with Gasteiger partial charge in [-0.05, 0) is 69.6 Å². The van der Waals surface area contributed by atoms with Crippen LogP contribution in [0.3, 0.4) is 0 Å². The lowest BCUT2D eigenvalue weighted by Gasteiger charge is -2.41. The van der Waals surface area contributed by atoms with Gasteiger partial charge < -0.3 is 0 Å². The molecule has 0 saturated heterocycles. The Morgan fingerprint density at radius 3 is 1.80 bits per heavy atom. The lowest BCUT2D eigenvalue weighted by Crippen LogP contribution is -2.32. The summed E-state index contributed by atoms with van der Waals surface area (Å²) in [5.74, 6) is 3.04. The second-order valence-electron chi connectivity index (χ2n) is 13.6. The molecule has 0 heteroatoms. The topological polar surface area (TPSA) is 0 Å². The van der Waals surface area contributed by atoms with Crippen LogP contribution < -0.4 is 0 Å². The van der Waals surface area contributed by atoms with Gasteiger partial charge >= 0.3 is 0 Å². The van der Waals surface area contributed by atoms with Gasteiger partial charge in [-0.2, -0.15) is 0 Å². The van der Waals surface area contributed by atoms with Crippen molar-refractivity contribution in [3.63, 3.8) is 0 Å².